The Morgan fingerprint density at radius 1 is 1.50 bits per heavy atom. The third kappa shape index (κ3) is 2.22. The minimum absolute atomic E-state index is 0.140. The van der Waals surface area contributed by atoms with E-state index in [1.54, 1.807) is 17.1 Å². The number of ether oxygens (including phenoxy) is 1. The first-order valence-electron chi connectivity index (χ1n) is 5.08. The van der Waals surface area contributed by atoms with Gasteiger partial charge in [0.2, 0.25) is 0 Å². The lowest BCUT2D eigenvalue weighted by Crippen LogP contribution is -2.05. The zero-order chi connectivity index (χ0) is 13.3. The summed E-state index contributed by atoms with van der Waals surface area (Å²) in [6.07, 6.45) is 3.34. The number of aryl methyl sites for hydroxylation is 1. The average molecular weight is 269 g/mol. The van der Waals surface area contributed by atoms with Crippen LogP contribution in [-0.4, -0.2) is 22.6 Å². The van der Waals surface area contributed by atoms with E-state index in [-0.39, 0.29) is 10.6 Å². The number of hydrogen-bond donors (Lipinski definition) is 0. The molecule has 18 heavy (non-hydrogen) atoms. The van der Waals surface area contributed by atoms with Crippen molar-refractivity contribution in [2.45, 2.75) is 0 Å². The molecule has 0 N–H and O–H groups in total. The first kappa shape index (κ1) is 12.6. The van der Waals surface area contributed by atoms with Crippen LogP contribution in [0.1, 0.15) is 10.4 Å². The van der Waals surface area contributed by atoms with Crippen molar-refractivity contribution in [3.8, 4) is 11.3 Å². The Morgan fingerprint density at radius 3 is 2.78 bits per heavy atom. The summed E-state index contributed by atoms with van der Waals surface area (Å²) in [6, 6.07) is 2.79. The van der Waals surface area contributed by atoms with Crippen molar-refractivity contribution >= 4 is 17.6 Å². The molecule has 0 radical (unpaired) electrons. The van der Waals surface area contributed by atoms with E-state index in [4.69, 9.17) is 11.6 Å². The number of imidazole rings is 1. The van der Waals surface area contributed by atoms with Gasteiger partial charge in [0.25, 0.3) is 0 Å². The molecule has 2 aromatic rings. The summed E-state index contributed by atoms with van der Waals surface area (Å²) in [5.41, 5.74) is 0.956. The van der Waals surface area contributed by atoms with Crippen LogP contribution in [-0.2, 0) is 11.8 Å². The Balaban J connectivity index is 2.57. The Kier molecular flexibility index (Phi) is 3.34. The van der Waals surface area contributed by atoms with E-state index in [1.165, 1.54) is 19.2 Å². The molecule has 0 amide bonds. The maximum Gasteiger partial charge on any atom is 0.340 e. The van der Waals surface area contributed by atoms with Crippen LogP contribution in [0.15, 0.2) is 24.7 Å². The van der Waals surface area contributed by atoms with Gasteiger partial charge in [-0.3, -0.25) is 0 Å². The molecule has 0 bridgehead atoms. The van der Waals surface area contributed by atoms with Gasteiger partial charge >= 0.3 is 5.97 Å². The van der Waals surface area contributed by atoms with Gasteiger partial charge in [0.1, 0.15) is 0 Å². The van der Waals surface area contributed by atoms with Crippen LogP contribution in [0.3, 0.4) is 0 Å². The van der Waals surface area contributed by atoms with Gasteiger partial charge in [0.05, 0.1) is 29.7 Å². The third-order valence-electron chi connectivity index (χ3n) is 2.43. The lowest BCUT2D eigenvalue weighted by molar-refractivity contribution is 0.0595. The monoisotopic (exact) mass is 268 g/mol. The van der Waals surface area contributed by atoms with E-state index >= 15 is 0 Å². The summed E-state index contributed by atoms with van der Waals surface area (Å²) in [5.74, 6) is -1.56. The predicted molar refractivity (Wildman–Crippen MR) is 65.0 cm³/mol. The number of benzene rings is 1. The minimum Gasteiger partial charge on any atom is -0.465 e. The lowest BCUT2D eigenvalue weighted by atomic mass is 10.1. The van der Waals surface area contributed by atoms with Gasteiger partial charge < -0.3 is 9.30 Å². The maximum absolute atomic E-state index is 13.7. The minimum atomic E-state index is -0.789. The van der Waals surface area contributed by atoms with Crippen molar-refractivity contribution in [2.75, 3.05) is 7.11 Å². The van der Waals surface area contributed by atoms with E-state index in [9.17, 15) is 9.18 Å². The molecule has 0 spiro atoms. The molecule has 4 nitrogen and oxygen atoms in total. The van der Waals surface area contributed by atoms with Gasteiger partial charge in [-0.1, -0.05) is 11.6 Å². The van der Waals surface area contributed by atoms with Crippen molar-refractivity contribution in [3.05, 3.63) is 41.1 Å². The first-order valence-corrected chi connectivity index (χ1v) is 5.46. The number of carbonyl (C=O) groups excluding carboxylic acids is 1. The zero-order valence-electron chi connectivity index (χ0n) is 9.78. The highest BCUT2D eigenvalue weighted by Gasteiger charge is 2.17. The largest absolute Gasteiger partial charge is 0.465 e. The Morgan fingerprint density at radius 2 is 2.22 bits per heavy atom. The zero-order valence-corrected chi connectivity index (χ0v) is 10.5. The molecule has 0 aliphatic carbocycles. The van der Waals surface area contributed by atoms with Gasteiger partial charge in [0, 0.05) is 18.8 Å². The van der Waals surface area contributed by atoms with Crippen LogP contribution >= 0.6 is 11.6 Å². The van der Waals surface area contributed by atoms with Crippen molar-refractivity contribution in [2.24, 2.45) is 7.05 Å². The number of hydrogen-bond acceptors (Lipinski definition) is 3. The van der Waals surface area contributed by atoms with Gasteiger partial charge in [-0.05, 0) is 12.1 Å². The predicted octanol–water partition coefficient (Wildman–Crippen LogP) is 2.67. The highest BCUT2D eigenvalue weighted by molar-refractivity contribution is 6.31. The van der Waals surface area contributed by atoms with E-state index in [0.29, 0.717) is 11.3 Å². The second kappa shape index (κ2) is 4.78. The molecule has 6 heteroatoms. The summed E-state index contributed by atoms with van der Waals surface area (Å²) < 4.78 is 19.9. The summed E-state index contributed by atoms with van der Waals surface area (Å²) in [6.45, 7) is 0. The summed E-state index contributed by atoms with van der Waals surface area (Å²) in [4.78, 5) is 15.5. The third-order valence-corrected chi connectivity index (χ3v) is 2.71. The molecule has 0 fully saturated rings. The first-order chi connectivity index (χ1) is 8.52. The van der Waals surface area contributed by atoms with Crippen LogP contribution in [0.2, 0.25) is 5.02 Å². The fraction of sp³-hybridized carbons (Fsp3) is 0.167. The Labute approximate surface area is 108 Å². The number of methoxy groups -OCH3 is 1. The second-order valence-electron chi connectivity index (χ2n) is 3.74. The van der Waals surface area contributed by atoms with Gasteiger partial charge in [-0.15, -0.1) is 0 Å². The fourth-order valence-corrected chi connectivity index (χ4v) is 1.78. The maximum atomic E-state index is 13.7. The van der Waals surface area contributed by atoms with Crippen LogP contribution < -0.4 is 0 Å². The van der Waals surface area contributed by atoms with E-state index < -0.39 is 11.8 Å². The van der Waals surface area contributed by atoms with Gasteiger partial charge in [0.15, 0.2) is 5.82 Å². The van der Waals surface area contributed by atoms with Crippen molar-refractivity contribution in [1.82, 2.24) is 9.55 Å². The van der Waals surface area contributed by atoms with Gasteiger partial charge in [-0.2, -0.15) is 0 Å². The van der Waals surface area contributed by atoms with Crippen LogP contribution in [0.5, 0.6) is 0 Å². The fourth-order valence-electron chi connectivity index (χ4n) is 1.56. The molecule has 0 atom stereocenters. The normalized spacial score (nSPS) is 10.4. The molecule has 2 rings (SSSR count). The molecular weight excluding hydrogens is 259 g/mol. The highest BCUT2D eigenvalue weighted by atomic mass is 35.5. The highest BCUT2D eigenvalue weighted by Crippen LogP contribution is 2.27. The van der Waals surface area contributed by atoms with E-state index in [0.717, 1.165) is 0 Å². The van der Waals surface area contributed by atoms with E-state index in [1.807, 2.05) is 7.05 Å². The Bertz CT molecular complexity index is 610. The van der Waals surface area contributed by atoms with Crippen molar-refractivity contribution in [1.29, 1.82) is 0 Å². The number of esters is 1. The SMILES string of the molecule is COC(=O)c1cc(-c2cn(C)cn2)cc(Cl)c1F. The number of rotatable bonds is 2. The van der Waals surface area contributed by atoms with Crippen molar-refractivity contribution in [3.63, 3.8) is 0 Å². The summed E-state index contributed by atoms with van der Waals surface area (Å²) >= 11 is 5.76. The molecule has 0 unspecified atom stereocenters. The average Bonchev–Trinajstić information content (AvgIpc) is 2.78. The molecule has 1 aromatic carbocycles. The number of nitrogens with zero attached hydrogens (tertiary/aromatic N) is 2. The quantitative estimate of drug-likeness (QED) is 0.787. The molecule has 1 heterocycles. The number of aromatic nitrogens is 2. The molecule has 0 aliphatic heterocycles. The molecule has 0 aliphatic rings. The topological polar surface area (TPSA) is 44.1 Å². The van der Waals surface area contributed by atoms with Crippen molar-refractivity contribution < 1.29 is 13.9 Å². The number of halogens is 2. The lowest BCUT2D eigenvalue weighted by Gasteiger charge is -2.05. The summed E-state index contributed by atoms with van der Waals surface area (Å²) in [5, 5.41) is -0.140. The number of carbonyl (C=O) groups is 1. The smallest absolute Gasteiger partial charge is 0.340 e. The molecule has 94 valence electrons. The van der Waals surface area contributed by atoms with Crippen LogP contribution in [0.4, 0.5) is 4.39 Å². The van der Waals surface area contributed by atoms with Crippen LogP contribution in [0.25, 0.3) is 11.3 Å². The van der Waals surface area contributed by atoms with Crippen LogP contribution in [0, 0.1) is 5.82 Å². The standard InChI is InChI=1S/C12H10ClFN2O2/c1-16-5-10(15-6-16)7-3-8(12(17)18-2)11(14)9(13)4-7/h3-6H,1-2H3. The second-order valence-corrected chi connectivity index (χ2v) is 4.14. The molecular formula is C12H10ClFN2O2. The summed E-state index contributed by atoms with van der Waals surface area (Å²) in [7, 11) is 2.99. The Hall–Kier alpha value is -1.88. The van der Waals surface area contributed by atoms with Gasteiger partial charge in [-0.25, -0.2) is 14.2 Å². The molecule has 1 aromatic heterocycles. The van der Waals surface area contributed by atoms with E-state index in [2.05, 4.69) is 9.72 Å². The molecule has 0 saturated carbocycles. The molecule has 0 saturated heterocycles.